The number of hydrogen-bond acceptors (Lipinski definition) is 6. The number of ether oxygens (including phenoxy) is 1. The van der Waals surface area contributed by atoms with Gasteiger partial charge in [-0.3, -0.25) is 0 Å². The van der Waals surface area contributed by atoms with Crippen molar-refractivity contribution in [3.63, 3.8) is 0 Å². The molecule has 0 saturated heterocycles. The van der Waals surface area contributed by atoms with E-state index >= 15 is 0 Å². The van der Waals surface area contributed by atoms with Gasteiger partial charge in [0.05, 0.1) is 21.5 Å². The second kappa shape index (κ2) is 8.72. The second-order valence-corrected chi connectivity index (χ2v) is 11.1. The Morgan fingerprint density at radius 3 is 2.77 bits per heavy atom. The Hall–Kier alpha value is -2.23. The van der Waals surface area contributed by atoms with Gasteiger partial charge in [0.2, 0.25) is 10.0 Å². The van der Waals surface area contributed by atoms with Gasteiger partial charge < -0.3 is 9.30 Å². The maximum atomic E-state index is 12.8. The molecular formula is C22H27N3O4S2. The number of benzene rings is 1. The maximum absolute atomic E-state index is 12.8. The minimum atomic E-state index is -3.55. The number of carbonyl (C=O) groups excluding carboxylic acids is 1. The molecule has 1 aromatic carbocycles. The molecule has 1 aliphatic rings. The fourth-order valence-corrected chi connectivity index (χ4v) is 6.02. The highest BCUT2D eigenvalue weighted by atomic mass is 32.2. The highest BCUT2D eigenvalue weighted by Gasteiger charge is 2.23. The summed E-state index contributed by atoms with van der Waals surface area (Å²) in [6, 6.07) is 4.95. The molecule has 0 radical (unpaired) electrons. The van der Waals surface area contributed by atoms with E-state index in [2.05, 4.69) is 11.9 Å². The van der Waals surface area contributed by atoms with E-state index in [1.54, 1.807) is 29.5 Å². The number of imidazole rings is 1. The summed E-state index contributed by atoms with van der Waals surface area (Å²) in [6.07, 6.45) is 5.13. The van der Waals surface area contributed by atoms with Gasteiger partial charge >= 0.3 is 5.97 Å². The number of sulfonamides is 1. The van der Waals surface area contributed by atoms with Gasteiger partial charge in [0.1, 0.15) is 12.4 Å². The topological polar surface area (TPSA) is 81.5 Å². The molecule has 3 aromatic rings. The Morgan fingerprint density at radius 1 is 1.26 bits per heavy atom. The van der Waals surface area contributed by atoms with Gasteiger partial charge in [-0.25, -0.2) is 22.5 Å². The first-order chi connectivity index (χ1) is 14.8. The fourth-order valence-electron chi connectivity index (χ4n) is 3.99. The van der Waals surface area contributed by atoms with Crippen LogP contribution in [0.3, 0.4) is 0 Å². The lowest BCUT2D eigenvalue weighted by Crippen LogP contribution is -2.22. The van der Waals surface area contributed by atoms with Crippen LogP contribution in [-0.2, 0) is 40.8 Å². The number of esters is 1. The summed E-state index contributed by atoms with van der Waals surface area (Å²) in [6.45, 7) is 2.81. The van der Waals surface area contributed by atoms with Crippen LogP contribution in [0.1, 0.15) is 52.8 Å². The van der Waals surface area contributed by atoms with E-state index in [1.165, 1.54) is 29.7 Å². The van der Waals surface area contributed by atoms with Crippen LogP contribution >= 0.6 is 11.3 Å². The molecule has 0 bridgehead atoms. The molecule has 0 spiro atoms. The van der Waals surface area contributed by atoms with Crippen LogP contribution in [0.2, 0.25) is 0 Å². The molecule has 4 rings (SSSR count). The van der Waals surface area contributed by atoms with Gasteiger partial charge in [-0.2, -0.15) is 0 Å². The van der Waals surface area contributed by atoms with Crippen molar-refractivity contribution in [1.29, 1.82) is 0 Å². The highest BCUT2D eigenvalue weighted by Crippen LogP contribution is 2.31. The Morgan fingerprint density at radius 2 is 2.03 bits per heavy atom. The second-order valence-electron chi connectivity index (χ2n) is 7.95. The lowest BCUT2D eigenvalue weighted by Gasteiger charge is -2.13. The smallest absolute Gasteiger partial charge is 0.339 e. The molecule has 2 aromatic heterocycles. The van der Waals surface area contributed by atoms with E-state index < -0.39 is 10.0 Å². The van der Waals surface area contributed by atoms with E-state index in [-0.39, 0.29) is 17.5 Å². The molecule has 0 amide bonds. The quantitative estimate of drug-likeness (QED) is 0.497. The predicted octanol–water partition coefficient (Wildman–Crippen LogP) is 3.99. The van der Waals surface area contributed by atoms with E-state index in [1.807, 2.05) is 9.95 Å². The summed E-state index contributed by atoms with van der Waals surface area (Å²) >= 11 is 1.64. The van der Waals surface area contributed by atoms with Crippen LogP contribution in [0.5, 0.6) is 0 Å². The molecule has 166 valence electrons. The molecule has 0 aliphatic heterocycles. The summed E-state index contributed by atoms with van der Waals surface area (Å²) in [7, 11) is -0.542. The van der Waals surface area contributed by atoms with Crippen molar-refractivity contribution in [2.24, 2.45) is 0 Å². The molecule has 0 N–H and O–H groups in total. The van der Waals surface area contributed by atoms with Crippen molar-refractivity contribution >= 4 is 38.4 Å². The van der Waals surface area contributed by atoms with Crippen molar-refractivity contribution in [3.05, 3.63) is 45.4 Å². The largest absolute Gasteiger partial charge is 0.454 e. The average Bonchev–Trinajstić information content (AvgIpc) is 3.33. The van der Waals surface area contributed by atoms with Gasteiger partial charge in [0.15, 0.2) is 0 Å². The number of hydrogen-bond donors (Lipinski definition) is 0. The molecule has 0 saturated carbocycles. The molecule has 9 heteroatoms. The summed E-state index contributed by atoms with van der Waals surface area (Å²) in [4.78, 5) is 18.9. The Labute approximate surface area is 186 Å². The van der Waals surface area contributed by atoms with Gasteiger partial charge in [-0.15, -0.1) is 11.3 Å². The number of fused-ring (bicyclic) bond motifs is 2. The number of thiophene rings is 1. The van der Waals surface area contributed by atoms with Crippen LogP contribution in [0.25, 0.3) is 11.0 Å². The van der Waals surface area contributed by atoms with E-state index in [4.69, 9.17) is 4.74 Å². The zero-order chi connectivity index (χ0) is 22.2. The third-order valence-corrected chi connectivity index (χ3v) is 8.54. The minimum Gasteiger partial charge on any atom is -0.454 e. The van der Waals surface area contributed by atoms with Crippen LogP contribution in [0, 0.1) is 0 Å². The van der Waals surface area contributed by atoms with Crippen molar-refractivity contribution in [3.8, 4) is 0 Å². The third kappa shape index (κ3) is 4.14. The van der Waals surface area contributed by atoms with E-state index in [0.717, 1.165) is 36.8 Å². The number of rotatable bonds is 7. The molecule has 0 atom stereocenters. The van der Waals surface area contributed by atoms with Crippen molar-refractivity contribution in [2.45, 2.75) is 57.1 Å². The standard InChI is InChI=1S/C22H27N3O4S2/c1-4-11-25-19-10-9-15(31(27,28)24(2)3)12-18(19)23-21(25)13-29-22(26)17-14-30-20-8-6-5-7-16(17)20/h9-10,12,14H,4-8,11,13H2,1-3H3. The number of carbonyl (C=O) groups is 1. The van der Waals surface area contributed by atoms with E-state index in [0.29, 0.717) is 23.4 Å². The zero-order valence-electron chi connectivity index (χ0n) is 18.1. The first kappa shape index (κ1) is 22.0. The van der Waals surface area contributed by atoms with Crippen LogP contribution < -0.4 is 0 Å². The van der Waals surface area contributed by atoms with Crippen molar-refractivity contribution < 1.29 is 17.9 Å². The van der Waals surface area contributed by atoms with Crippen LogP contribution in [0.4, 0.5) is 0 Å². The molecule has 1 aliphatic carbocycles. The summed E-state index contributed by atoms with van der Waals surface area (Å²) < 4.78 is 33.8. The fraction of sp³-hybridized carbons (Fsp3) is 0.455. The number of aryl methyl sites for hydroxylation is 2. The highest BCUT2D eigenvalue weighted by molar-refractivity contribution is 7.89. The summed E-state index contributed by atoms with van der Waals surface area (Å²) in [5.41, 5.74) is 3.23. The predicted molar refractivity (Wildman–Crippen MR) is 121 cm³/mol. The third-order valence-electron chi connectivity index (χ3n) is 5.64. The molecule has 7 nitrogen and oxygen atoms in total. The van der Waals surface area contributed by atoms with Crippen molar-refractivity contribution in [1.82, 2.24) is 13.9 Å². The molecule has 0 fully saturated rings. The normalized spacial score (nSPS) is 14.2. The number of nitrogens with zero attached hydrogens (tertiary/aromatic N) is 3. The Balaban J connectivity index is 1.61. The number of aromatic nitrogens is 2. The Bertz CT molecular complexity index is 1230. The van der Waals surface area contributed by atoms with E-state index in [9.17, 15) is 13.2 Å². The lowest BCUT2D eigenvalue weighted by atomic mass is 9.96. The van der Waals surface area contributed by atoms with Gasteiger partial charge in [0.25, 0.3) is 0 Å². The van der Waals surface area contributed by atoms with Crippen LogP contribution in [-0.4, -0.2) is 42.3 Å². The Kier molecular flexibility index (Phi) is 6.18. The van der Waals surface area contributed by atoms with Crippen molar-refractivity contribution in [2.75, 3.05) is 14.1 Å². The first-order valence-electron chi connectivity index (χ1n) is 10.5. The zero-order valence-corrected chi connectivity index (χ0v) is 19.7. The first-order valence-corrected chi connectivity index (χ1v) is 12.8. The lowest BCUT2D eigenvalue weighted by molar-refractivity contribution is 0.0457. The van der Waals surface area contributed by atoms with Gasteiger partial charge in [0, 0.05) is 30.9 Å². The average molecular weight is 462 g/mol. The monoisotopic (exact) mass is 461 g/mol. The molecule has 2 heterocycles. The summed E-state index contributed by atoms with van der Waals surface area (Å²) in [5, 5.41) is 1.91. The SMILES string of the molecule is CCCn1c(COC(=O)c2csc3c2CCCC3)nc2cc(S(=O)(=O)N(C)C)ccc21. The maximum Gasteiger partial charge on any atom is 0.339 e. The minimum absolute atomic E-state index is 0.0495. The molecule has 0 unspecified atom stereocenters. The summed E-state index contributed by atoms with van der Waals surface area (Å²) in [5.74, 6) is 0.305. The molecular weight excluding hydrogens is 434 g/mol. The van der Waals surface area contributed by atoms with Gasteiger partial charge in [-0.1, -0.05) is 6.92 Å². The van der Waals surface area contributed by atoms with Gasteiger partial charge in [-0.05, 0) is 55.9 Å². The molecule has 31 heavy (non-hydrogen) atoms. The van der Waals surface area contributed by atoms with Crippen LogP contribution in [0.15, 0.2) is 28.5 Å².